The molecule has 7 nitrogen and oxygen atoms in total. The maximum atomic E-state index is 13.2. The van der Waals surface area contributed by atoms with E-state index in [4.69, 9.17) is 11.1 Å². The third-order valence-corrected chi connectivity index (χ3v) is 6.38. The van der Waals surface area contributed by atoms with Gasteiger partial charge in [0.15, 0.2) is 5.78 Å². The van der Waals surface area contributed by atoms with Crippen LogP contribution in [0.1, 0.15) is 42.0 Å². The number of aromatic hydroxyl groups is 1. The highest BCUT2D eigenvalue weighted by Crippen LogP contribution is 2.13. The number of phenolic OH excluding ortho intramolecular Hbond substituents is 1. The van der Waals surface area contributed by atoms with Crippen molar-refractivity contribution < 1.29 is 14.7 Å². The lowest BCUT2D eigenvalue weighted by molar-refractivity contribution is -0.129. The zero-order valence-corrected chi connectivity index (χ0v) is 21.2. The van der Waals surface area contributed by atoms with Gasteiger partial charge in [0.2, 0.25) is 5.91 Å². The van der Waals surface area contributed by atoms with Gasteiger partial charge >= 0.3 is 0 Å². The van der Waals surface area contributed by atoms with Crippen LogP contribution in [-0.2, 0) is 29.0 Å². The van der Waals surface area contributed by atoms with Crippen LogP contribution in [0.4, 0.5) is 0 Å². The molecule has 0 aliphatic heterocycles. The second kappa shape index (κ2) is 13.9. The summed E-state index contributed by atoms with van der Waals surface area (Å²) in [5.74, 6) is -0.374. The van der Waals surface area contributed by atoms with E-state index in [9.17, 15) is 14.7 Å². The number of nitrogens with one attached hydrogen (secondary N) is 3. The lowest BCUT2D eigenvalue weighted by Gasteiger charge is -2.20. The van der Waals surface area contributed by atoms with E-state index in [2.05, 4.69) is 22.8 Å². The van der Waals surface area contributed by atoms with Crippen LogP contribution in [0.15, 0.2) is 78.9 Å². The number of hydrogen-bond donors (Lipinski definition) is 5. The molecule has 0 saturated heterocycles. The molecule has 6 N–H and O–H groups in total. The van der Waals surface area contributed by atoms with Gasteiger partial charge < -0.3 is 21.5 Å². The number of amidine groups is 1. The molecule has 0 aromatic heterocycles. The summed E-state index contributed by atoms with van der Waals surface area (Å²) in [5, 5.41) is 23.2. The van der Waals surface area contributed by atoms with Gasteiger partial charge in [-0.25, -0.2) is 0 Å². The van der Waals surface area contributed by atoms with Crippen LogP contribution in [0.5, 0.6) is 5.75 Å². The van der Waals surface area contributed by atoms with Gasteiger partial charge in [0.05, 0.1) is 6.04 Å². The maximum Gasteiger partial charge on any atom is 0.223 e. The Morgan fingerprint density at radius 1 is 0.892 bits per heavy atom. The number of nitrogen functional groups attached to an aromatic ring is 1. The molecule has 3 rings (SSSR count). The number of phenols is 1. The van der Waals surface area contributed by atoms with E-state index >= 15 is 0 Å². The normalized spacial score (nSPS) is 12.5. The summed E-state index contributed by atoms with van der Waals surface area (Å²) in [5.41, 5.74) is 9.25. The first kappa shape index (κ1) is 27.6. The largest absolute Gasteiger partial charge is 0.508 e. The predicted octanol–water partition coefficient (Wildman–Crippen LogP) is 3.72. The molecule has 0 spiro atoms. The van der Waals surface area contributed by atoms with Crippen LogP contribution >= 0.6 is 0 Å². The van der Waals surface area contributed by atoms with Crippen molar-refractivity contribution in [3.05, 3.63) is 101 Å². The summed E-state index contributed by atoms with van der Waals surface area (Å²) in [4.78, 5) is 25.9. The van der Waals surface area contributed by atoms with Crippen molar-refractivity contribution in [2.24, 2.45) is 11.7 Å². The predicted molar refractivity (Wildman–Crippen MR) is 146 cm³/mol. The van der Waals surface area contributed by atoms with Crippen molar-refractivity contribution in [3.8, 4) is 5.75 Å². The van der Waals surface area contributed by atoms with Gasteiger partial charge in [0.25, 0.3) is 0 Å². The lowest BCUT2D eigenvalue weighted by Crippen LogP contribution is -2.40. The average Bonchev–Trinajstić information content (AvgIpc) is 2.90. The van der Waals surface area contributed by atoms with Crippen LogP contribution < -0.4 is 16.4 Å². The van der Waals surface area contributed by atoms with Gasteiger partial charge in [-0.1, -0.05) is 73.7 Å². The third kappa shape index (κ3) is 9.20. The van der Waals surface area contributed by atoms with E-state index in [0.29, 0.717) is 25.1 Å². The number of ketones is 1. The van der Waals surface area contributed by atoms with E-state index in [1.54, 1.807) is 31.2 Å². The summed E-state index contributed by atoms with van der Waals surface area (Å²) >= 11 is 0. The Morgan fingerprint density at radius 3 is 2.16 bits per heavy atom. The first-order valence-electron chi connectivity index (χ1n) is 12.6. The van der Waals surface area contributed by atoms with Gasteiger partial charge in [0.1, 0.15) is 11.6 Å². The van der Waals surface area contributed by atoms with Gasteiger partial charge in [-0.3, -0.25) is 15.0 Å². The first-order valence-corrected chi connectivity index (χ1v) is 12.6. The Balaban J connectivity index is 1.53. The van der Waals surface area contributed by atoms with Crippen LogP contribution in [0.2, 0.25) is 0 Å². The van der Waals surface area contributed by atoms with Crippen LogP contribution in [-0.4, -0.2) is 35.2 Å². The highest BCUT2D eigenvalue weighted by molar-refractivity contribution is 5.94. The number of Topliss-reactive ketones (excluding diaryl/α,β-unsaturated/α-hetero) is 1. The lowest BCUT2D eigenvalue weighted by atomic mass is 9.95. The van der Waals surface area contributed by atoms with Crippen LogP contribution in [0.3, 0.4) is 0 Å². The Morgan fingerprint density at radius 2 is 1.51 bits per heavy atom. The molecule has 0 aliphatic rings. The smallest absolute Gasteiger partial charge is 0.223 e. The van der Waals surface area contributed by atoms with E-state index in [1.165, 1.54) is 5.56 Å². The van der Waals surface area contributed by atoms with Crippen molar-refractivity contribution >= 4 is 17.5 Å². The van der Waals surface area contributed by atoms with Gasteiger partial charge in [-0.15, -0.1) is 0 Å². The molecule has 0 saturated carbocycles. The summed E-state index contributed by atoms with van der Waals surface area (Å²) in [6.07, 6.45) is 2.30. The van der Waals surface area contributed by atoms with Crippen molar-refractivity contribution in [1.29, 1.82) is 5.41 Å². The molecule has 3 aromatic rings. The maximum absolute atomic E-state index is 13.2. The van der Waals surface area contributed by atoms with Gasteiger partial charge in [-0.2, -0.15) is 0 Å². The van der Waals surface area contributed by atoms with Crippen molar-refractivity contribution in [2.45, 2.75) is 45.2 Å². The fourth-order valence-corrected chi connectivity index (χ4v) is 4.09. The first-order chi connectivity index (χ1) is 17.8. The Hall–Kier alpha value is -3.97. The number of hydrogen-bond acceptors (Lipinski definition) is 5. The number of amides is 1. The number of nitrogens with two attached hydrogens (primary N) is 1. The second-order valence-corrected chi connectivity index (χ2v) is 9.35. The fraction of sp³-hybridized carbons (Fsp3) is 0.300. The molecule has 0 heterocycles. The highest BCUT2D eigenvalue weighted by atomic mass is 16.3. The number of rotatable bonds is 14. The highest BCUT2D eigenvalue weighted by Gasteiger charge is 2.23. The van der Waals surface area contributed by atoms with E-state index < -0.39 is 5.92 Å². The standard InChI is InChI=1S/C30H36N4O3/c1-21(30(37)34-20-24-7-12-25(13-8-24)29(31)32)19-28(36)27(16-11-22-5-3-2-4-6-22)33-18-17-23-9-14-26(35)15-10-23/h2-10,12-15,21,27,33,35H,11,16-20H2,1H3,(H3,31,32)(H,34,37)/t21-,27-/m1/s1. The van der Waals surface area contributed by atoms with Gasteiger partial charge in [0, 0.05) is 24.4 Å². The molecule has 0 aliphatic carbocycles. The molecule has 194 valence electrons. The molecule has 0 unspecified atom stereocenters. The Labute approximate surface area is 218 Å². The summed E-state index contributed by atoms with van der Waals surface area (Å²) in [6, 6.07) is 23.9. The van der Waals surface area contributed by atoms with Crippen LogP contribution in [0, 0.1) is 11.3 Å². The molecule has 0 fully saturated rings. The fourth-order valence-electron chi connectivity index (χ4n) is 4.09. The molecule has 37 heavy (non-hydrogen) atoms. The summed E-state index contributed by atoms with van der Waals surface area (Å²) in [7, 11) is 0. The van der Waals surface area contributed by atoms with Crippen molar-refractivity contribution in [2.75, 3.05) is 6.54 Å². The number of aryl methyl sites for hydroxylation is 1. The molecule has 2 atom stereocenters. The zero-order valence-electron chi connectivity index (χ0n) is 21.2. The number of benzene rings is 3. The molecular formula is C30H36N4O3. The minimum atomic E-state index is -0.456. The molecule has 3 aromatic carbocycles. The monoisotopic (exact) mass is 500 g/mol. The topological polar surface area (TPSA) is 128 Å². The molecule has 0 bridgehead atoms. The quantitative estimate of drug-likeness (QED) is 0.170. The molecule has 0 radical (unpaired) electrons. The molecule has 7 heteroatoms. The number of carbonyl (C=O) groups is 2. The van der Waals surface area contributed by atoms with Crippen LogP contribution in [0.25, 0.3) is 0 Å². The van der Waals surface area contributed by atoms with Gasteiger partial charge in [-0.05, 0) is 54.6 Å². The molecular weight excluding hydrogens is 464 g/mol. The SMILES string of the molecule is C[C@H](CC(=O)[C@@H](CCc1ccccc1)NCCc1ccc(O)cc1)C(=O)NCc1ccc(C(=N)N)cc1. The van der Waals surface area contributed by atoms with E-state index in [-0.39, 0.29) is 35.7 Å². The molecule has 1 amide bonds. The zero-order chi connectivity index (χ0) is 26.6. The Bertz CT molecular complexity index is 1160. The summed E-state index contributed by atoms with van der Waals surface area (Å²) in [6.45, 7) is 2.74. The third-order valence-electron chi connectivity index (χ3n) is 6.38. The minimum absolute atomic E-state index is 0.00112. The Kier molecular flexibility index (Phi) is 10.4. The van der Waals surface area contributed by atoms with Crippen molar-refractivity contribution in [1.82, 2.24) is 10.6 Å². The van der Waals surface area contributed by atoms with Crippen molar-refractivity contribution in [3.63, 3.8) is 0 Å². The minimum Gasteiger partial charge on any atom is -0.508 e. The average molecular weight is 501 g/mol. The second-order valence-electron chi connectivity index (χ2n) is 9.35. The van der Waals surface area contributed by atoms with E-state index in [0.717, 1.165) is 24.0 Å². The van der Waals surface area contributed by atoms with E-state index in [1.807, 2.05) is 42.5 Å². The number of carbonyl (C=O) groups excluding carboxylic acids is 2. The summed E-state index contributed by atoms with van der Waals surface area (Å²) < 4.78 is 0.